The van der Waals surface area contributed by atoms with Gasteiger partial charge in [0.05, 0.1) is 0 Å². The third kappa shape index (κ3) is 4.60. The number of hydrogen-bond acceptors (Lipinski definition) is 5. The molecule has 0 fully saturated rings. The maximum absolute atomic E-state index is 5.08. The van der Waals surface area contributed by atoms with Crippen LogP contribution in [0.15, 0.2) is 11.8 Å². The molecule has 12 heavy (non-hydrogen) atoms. The Bertz CT molecular complexity index is 109. The molecule has 0 atom stereocenters. The summed E-state index contributed by atoms with van der Waals surface area (Å²) in [7, 11) is 2.35. The van der Waals surface area contributed by atoms with Crippen molar-refractivity contribution in [2.45, 2.75) is 6.92 Å². The summed E-state index contributed by atoms with van der Waals surface area (Å²) in [4.78, 5) is 0. The minimum Gasteiger partial charge on any atom is -0.374 e. The molecule has 0 aromatic heterocycles. The zero-order chi connectivity index (χ0) is 8.04. The normalized spacial score (nSPS) is 10.7. The Hall–Kier alpha value is -0.243. The number of rotatable bonds is 4. The largest absolute Gasteiger partial charge is 0.528 e. The highest BCUT2D eigenvalue weighted by atomic mass is 28.4. The molecule has 0 heterocycles. The second-order valence-electron chi connectivity index (χ2n) is 1.72. The van der Waals surface area contributed by atoms with Crippen molar-refractivity contribution >= 4 is 8.80 Å². The first-order chi connectivity index (χ1) is 4.74. The molecule has 0 aliphatic rings. The molecule has 6 heteroatoms. The van der Waals surface area contributed by atoms with Gasteiger partial charge in [-0.3, -0.25) is 0 Å². The Morgan fingerprint density at radius 2 is 1.25 bits per heavy atom. The van der Waals surface area contributed by atoms with Crippen molar-refractivity contribution in [3.8, 4) is 0 Å². The lowest BCUT2D eigenvalue weighted by Crippen LogP contribution is -2.40. The summed E-state index contributed by atoms with van der Waals surface area (Å²) in [5, 5.41) is 0. The van der Waals surface area contributed by atoms with Crippen molar-refractivity contribution in [3.63, 3.8) is 0 Å². The van der Waals surface area contributed by atoms with Crippen molar-refractivity contribution in [2.24, 2.45) is 0 Å². The lowest BCUT2D eigenvalue weighted by molar-refractivity contribution is 0.138. The number of allylic oxidation sites excluding steroid dienone is 1. The van der Waals surface area contributed by atoms with E-state index in [2.05, 4.69) is 0 Å². The lowest BCUT2D eigenvalue weighted by atomic mass is 10.8. The standard InChI is InChI=1S/C6H14O3Si.2H3N/c1-5-6-10(7-2,8-3)9-4;;/h5-6H,1-4H3;2*1H3/b6-5+;;. The Kier molecular flexibility index (Phi) is 13.1. The van der Waals surface area contributed by atoms with Crippen LogP contribution in [-0.4, -0.2) is 30.1 Å². The van der Waals surface area contributed by atoms with Crippen LogP contribution in [0.2, 0.25) is 0 Å². The van der Waals surface area contributed by atoms with Gasteiger partial charge in [-0.25, -0.2) is 0 Å². The van der Waals surface area contributed by atoms with E-state index in [1.165, 1.54) is 0 Å². The summed E-state index contributed by atoms with van der Waals surface area (Å²) in [6.45, 7) is 1.90. The quantitative estimate of drug-likeness (QED) is 0.660. The second-order valence-corrected chi connectivity index (χ2v) is 4.48. The zero-order valence-electron chi connectivity index (χ0n) is 8.29. The zero-order valence-corrected chi connectivity index (χ0v) is 9.29. The van der Waals surface area contributed by atoms with Crippen molar-refractivity contribution < 1.29 is 13.3 Å². The summed E-state index contributed by atoms with van der Waals surface area (Å²) >= 11 is 0. The Balaban J connectivity index is -0.000000405. The van der Waals surface area contributed by atoms with Gasteiger partial charge in [0.25, 0.3) is 0 Å². The van der Waals surface area contributed by atoms with E-state index in [9.17, 15) is 0 Å². The molecule has 0 saturated heterocycles. The van der Waals surface area contributed by atoms with Crippen LogP contribution in [-0.2, 0) is 13.3 Å². The van der Waals surface area contributed by atoms with Crippen LogP contribution < -0.4 is 12.3 Å². The van der Waals surface area contributed by atoms with Crippen LogP contribution >= 0.6 is 0 Å². The molecule has 0 aromatic carbocycles. The molecule has 0 unspecified atom stereocenters. The fourth-order valence-electron chi connectivity index (χ4n) is 0.658. The van der Waals surface area contributed by atoms with E-state index in [0.717, 1.165) is 0 Å². The minimum atomic E-state index is -2.40. The fourth-order valence-corrected chi connectivity index (χ4v) is 1.97. The Morgan fingerprint density at radius 3 is 1.33 bits per heavy atom. The van der Waals surface area contributed by atoms with Crippen molar-refractivity contribution in [2.75, 3.05) is 21.3 Å². The SMILES string of the molecule is C/C=C/[Si](OC)(OC)OC.N.N. The smallest absolute Gasteiger partial charge is 0.374 e. The van der Waals surface area contributed by atoms with E-state index in [4.69, 9.17) is 13.3 Å². The van der Waals surface area contributed by atoms with Gasteiger partial charge in [0, 0.05) is 21.3 Å². The topological polar surface area (TPSA) is 97.7 Å². The van der Waals surface area contributed by atoms with Crippen LogP contribution in [0.4, 0.5) is 0 Å². The van der Waals surface area contributed by atoms with Crippen LogP contribution in [0.25, 0.3) is 0 Å². The van der Waals surface area contributed by atoms with Crippen LogP contribution in [0.3, 0.4) is 0 Å². The molecule has 0 saturated carbocycles. The predicted molar refractivity (Wildman–Crippen MR) is 51.6 cm³/mol. The van der Waals surface area contributed by atoms with E-state index in [1.807, 2.05) is 18.7 Å². The molecule has 0 bridgehead atoms. The van der Waals surface area contributed by atoms with Gasteiger partial charge in [-0.1, -0.05) is 6.08 Å². The summed E-state index contributed by atoms with van der Waals surface area (Å²) in [5.74, 6) is 0. The molecule has 5 nitrogen and oxygen atoms in total. The monoisotopic (exact) mass is 196 g/mol. The first-order valence-corrected chi connectivity index (χ1v) is 4.84. The fraction of sp³-hybridized carbons (Fsp3) is 0.667. The molecular weight excluding hydrogens is 176 g/mol. The molecular formula is C6H20N2O3Si. The Morgan fingerprint density at radius 1 is 0.917 bits per heavy atom. The molecule has 0 amide bonds. The minimum absolute atomic E-state index is 0. The van der Waals surface area contributed by atoms with Gasteiger partial charge >= 0.3 is 8.80 Å². The van der Waals surface area contributed by atoms with Crippen LogP contribution in [0.5, 0.6) is 0 Å². The van der Waals surface area contributed by atoms with Crippen LogP contribution in [0, 0.1) is 0 Å². The third-order valence-corrected chi connectivity index (χ3v) is 3.67. The molecule has 0 rings (SSSR count). The Labute approximate surface area is 75.2 Å². The molecule has 0 spiro atoms. The van der Waals surface area contributed by atoms with Gasteiger partial charge in [0.1, 0.15) is 0 Å². The molecule has 0 radical (unpaired) electrons. The summed E-state index contributed by atoms with van der Waals surface area (Å²) in [6.07, 6.45) is 1.86. The number of hydrogen-bond donors (Lipinski definition) is 2. The van der Waals surface area contributed by atoms with E-state index in [1.54, 1.807) is 21.3 Å². The molecule has 0 aliphatic heterocycles. The van der Waals surface area contributed by atoms with Crippen LogP contribution in [0.1, 0.15) is 6.92 Å². The third-order valence-electron chi connectivity index (χ3n) is 1.22. The van der Waals surface area contributed by atoms with Gasteiger partial charge < -0.3 is 25.6 Å². The first kappa shape index (κ1) is 17.7. The highest BCUT2D eigenvalue weighted by Gasteiger charge is 2.33. The van der Waals surface area contributed by atoms with E-state index in [0.29, 0.717) is 0 Å². The van der Waals surface area contributed by atoms with Gasteiger partial charge in [0.15, 0.2) is 0 Å². The van der Waals surface area contributed by atoms with Gasteiger partial charge in [-0.05, 0) is 12.6 Å². The van der Waals surface area contributed by atoms with Gasteiger partial charge in [-0.2, -0.15) is 0 Å². The van der Waals surface area contributed by atoms with Crippen molar-refractivity contribution in [1.29, 1.82) is 0 Å². The lowest BCUT2D eigenvalue weighted by Gasteiger charge is -2.19. The van der Waals surface area contributed by atoms with Gasteiger partial charge in [0.2, 0.25) is 0 Å². The average molecular weight is 196 g/mol. The van der Waals surface area contributed by atoms with E-state index >= 15 is 0 Å². The highest BCUT2D eigenvalue weighted by molar-refractivity contribution is 6.66. The maximum atomic E-state index is 5.08. The average Bonchev–Trinajstić information content (AvgIpc) is 2.01. The van der Waals surface area contributed by atoms with E-state index < -0.39 is 8.80 Å². The maximum Gasteiger partial charge on any atom is 0.528 e. The second kappa shape index (κ2) is 8.85. The van der Waals surface area contributed by atoms with E-state index in [-0.39, 0.29) is 12.3 Å². The first-order valence-electron chi connectivity index (χ1n) is 3.04. The van der Waals surface area contributed by atoms with Crippen molar-refractivity contribution in [3.05, 3.63) is 11.8 Å². The molecule has 0 aliphatic carbocycles. The predicted octanol–water partition coefficient (Wildman–Crippen LogP) is 1.30. The summed E-state index contributed by atoms with van der Waals surface area (Å²) < 4.78 is 15.3. The highest BCUT2D eigenvalue weighted by Crippen LogP contribution is 2.06. The summed E-state index contributed by atoms with van der Waals surface area (Å²) in [5.41, 5.74) is 1.83. The summed E-state index contributed by atoms with van der Waals surface area (Å²) in [6, 6.07) is 0. The molecule has 76 valence electrons. The molecule has 6 N–H and O–H groups in total. The van der Waals surface area contributed by atoms with Crippen molar-refractivity contribution in [1.82, 2.24) is 12.3 Å². The molecule has 0 aromatic rings. The van der Waals surface area contributed by atoms with Gasteiger partial charge in [-0.15, -0.1) is 0 Å².